The van der Waals surface area contributed by atoms with E-state index in [1.807, 2.05) is 13.0 Å². The number of methoxy groups -OCH3 is 1. The Morgan fingerprint density at radius 2 is 1.95 bits per heavy atom. The minimum absolute atomic E-state index is 0.610. The highest BCUT2D eigenvalue weighted by atomic mass is 79.9. The third-order valence-corrected chi connectivity index (χ3v) is 3.28. The van der Waals surface area contributed by atoms with Crippen LogP contribution < -0.4 is 14.8 Å². The molecule has 0 atom stereocenters. The van der Waals surface area contributed by atoms with Gasteiger partial charge in [-0.05, 0) is 47.1 Å². The van der Waals surface area contributed by atoms with E-state index in [-0.39, 0.29) is 0 Å². The third kappa shape index (κ3) is 5.69. The van der Waals surface area contributed by atoms with Crippen molar-refractivity contribution in [2.75, 3.05) is 33.5 Å². The number of ether oxygens (including phenoxy) is 3. The van der Waals surface area contributed by atoms with Crippen molar-refractivity contribution in [2.24, 2.45) is 0 Å². The van der Waals surface area contributed by atoms with Crippen LogP contribution >= 0.6 is 15.9 Å². The zero-order valence-electron chi connectivity index (χ0n) is 12.5. The van der Waals surface area contributed by atoms with E-state index in [1.165, 1.54) is 5.56 Å². The minimum Gasteiger partial charge on any atom is -0.490 e. The molecular formula is C15H24BrNO3. The maximum absolute atomic E-state index is 5.81. The molecule has 0 saturated carbocycles. The van der Waals surface area contributed by atoms with Crippen molar-refractivity contribution in [3.05, 3.63) is 22.2 Å². The van der Waals surface area contributed by atoms with Crippen molar-refractivity contribution in [3.63, 3.8) is 0 Å². The molecule has 0 spiro atoms. The Labute approximate surface area is 129 Å². The number of rotatable bonds is 10. The van der Waals surface area contributed by atoms with Crippen LogP contribution in [0.2, 0.25) is 0 Å². The fraction of sp³-hybridized carbons (Fsp3) is 0.600. The lowest BCUT2D eigenvalue weighted by atomic mass is 10.2. The quantitative estimate of drug-likeness (QED) is 0.660. The summed E-state index contributed by atoms with van der Waals surface area (Å²) in [5.41, 5.74) is 1.17. The second-order valence-electron chi connectivity index (χ2n) is 4.31. The van der Waals surface area contributed by atoms with Gasteiger partial charge < -0.3 is 19.5 Å². The number of hydrogen-bond donors (Lipinski definition) is 1. The summed E-state index contributed by atoms with van der Waals surface area (Å²) in [6.45, 7) is 7.74. The van der Waals surface area contributed by atoms with E-state index in [1.54, 1.807) is 7.11 Å². The van der Waals surface area contributed by atoms with Gasteiger partial charge in [-0.15, -0.1) is 0 Å². The summed E-state index contributed by atoms with van der Waals surface area (Å²) in [7, 11) is 1.69. The van der Waals surface area contributed by atoms with Crippen LogP contribution in [0.4, 0.5) is 0 Å². The first-order chi connectivity index (χ1) is 9.72. The van der Waals surface area contributed by atoms with Crippen LogP contribution in [-0.4, -0.2) is 33.5 Å². The van der Waals surface area contributed by atoms with E-state index in [9.17, 15) is 0 Å². The lowest BCUT2D eigenvalue weighted by Crippen LogP contribution is -2.12. The van der Waals surface area contributed by atoms with Crippen LogP contribution in [0.5, 0.6) is 11.5 Å². The summed E-state index contributed by atoms with van der Waals surface area (Å²) in [4.78, 5) is 0. The van der Waals surface area contributed by atoms with Gasteiger partial charge in [0.25, 0.3) is 0 Å². The van der Waals surface area contributed by atoms with Gasteiger partial charge in [0.15, 0.2) is 11.5 Å². The van der Waals surface area contributed by atoms with Crippen molar-refractivity contribution < 1.29 is 14.2 Å². The van der Waals surface area contributed by atoms with Gasteiger partial charge in [0.1, 0.15) is 0 Å². The van der Waals surface area contributed by atoms with E-state index in [4.69, 9.17) is 14.2 Å². The largest absolute Gasteiger partial charge is 0.490 e. The first-order valence-corrected chi connectivity index (χ1v) is 7.79. The smallest absolute Gasteiger partial charge is 0.175 e. The Bertz CT molecular complexity index is 399. The lowest BCUT2D eigenvalue weighted by Gasteiger charge is -2.15. The molecule has 0 aromatic heterocycles. The molecule has 0 aliphatic carbocycles. The van der Waals surface area contributed by atoms with Crippen molar-refractivity contribution >= 4 is 15.9 Å². The van der Waals surface area contributed by atoms with Gasteiger partial charge in [-0.2, -0.15) is 0 Å². The maximum atomic E-state index is 5.81. The molecule has 0 aliphatic rings. The number of nitrogens with one attached hydrogen (secondary N) is 1. The topological polar surface area (TPSA) is 39.7 Å². The highest BCUT2D eigenvalue weighted by molar-refractivity contribution is 9.10. The average Bonchev–Trinajstić information content (AvgIpc) is 2.43. The van der Waals surface area contributed by atoms with Crippen molar-refractivity contribution in [1.29, 1.82) is 0 Å². The zero-order chi connectivity index (χ0) is 14.8. The van der Waals surface area contributed by atoms with Crippen LogP contribution in [0.1, 0.15) is 25.8 Å². The van der Waals surface area contributed by atoms with E-state index < -0.39 is 0 Å². The van der Waals surface area contributed by atoms with Crippen LogP contribution in [0.3, 0.4) is 0 Å². The van der Waals surface area contributed by atoms with Crippen LogP contribution in [0.15, 0.2) is 16.6 Å². The van der Waals surface area contributed by atoms with Gasteiger partial charge in [0.05, 0.1) is 17.7 Å². The van der Waals surface area contributed by atoms with Gasteiger partial charge >= 0.3 is 0 Å². The van der Waals surface area contributed by atoms with E-state index >= 15 is 0 Å². The molecule has 0 heterocycles. The fourth-order valence-corrected chi connectivity index (χ4v) is 2.38. The number of halogens is 1. The normalized spacial score (nSPS) is 10.6. The standard InChI is InChI=1S/C15H24BrNO3/c1-4-17-11-12-9-13(16)15(14(10-12)19-5-2)20-8-6-7-18-3/h9-10,17H,4-8,11H2,1-3H3. The lowest BCUT2D eigenvalue weighted by molar-refractivity contribution is 0.169. The third-order valence-electron chi connectivity index (χ3n) is 2.69. The summed E-state index contributed by atoms with van der Waals surface area (Å²) < 4.78 is 17.4. The molecule has 1 N–H and O–H groups in total. The Morgan fingerprint density at radius 3 is 2.60 bits per heavy atom. The van der Waals surface area contributed by atoms with Gasteiger partial charge in [0.2, 0.25) is 0 Å². The van der Waals surface area contributed by atoms with E-state index in [2.05, 4.69) is 34.2 Å². The zero-order valence-corrected chi connectivity index (χ0v) is 14.1. The maximum Gasteiger partial charge on any atom is 0.175 e. The van der Waals surface area contributed by atoms with Crippen LogP contribution in [0.25, 0.3) is 0 Å². The SMILES string of the molecule is CCNCc1cc(Br)c(OCCCOC)c(OCC)c1. The molecule has 0 amide bonds. The van der Waals surface area contributed by atoms with Crippen molar-refractivity contribution in [3.8, 4) is 11.5 Å². The van der Waals surface area contributed by atoms with Gasteiger partial charge in [0, 0.05) is 26.7 Å². The highest BCUT2D eigenvalue weighted by Crippen LogP contribution is 2.37. The first-order valence-electron chi connectivity index (χ1n) is 7.00. The summed E-state index contributed by atoms with van der Waals surface area (Å²) in [6, 6.07) is 4.10. The van der Waals surface area contributed by atoms with E-state index in [0.717, 1.165) is 35.5 Å². The Balaban J connectivity index is 2.79. The van der Waals surface area contributed by atoms with Gasteiger partial charge in [-0.25, -0.2) is 0 Å². The molecular weight excluding hydrogens is 322 g/mol. The highest BCUT2D eigenvalue weighted by Gasteiger charge is 2.12. The molecule has 0 radical (unpaired) electrons. The molecule has 1 aromatic carbocycles. The number of benzene rings is 1. The predicted octanol–water partition coefficient (Wildman–Crippen LogP) is 3.37. The molecule has 0 aliphatic heterocycles. The summed E-state index contributed by atoms with van der Waals surface area (Å²) in [6.07, 6.45) is 0.855. The van der Waals surface area contributed by atoms with Gasteiger partial charge in [-0.3, -0.25) is 0 Å². The average molecular weight is 346 g/mol. The molecule has 0 saturated heterocycles. The second-order valence-corrected chi connectivity index (χ2v) is 5.17. The molecule has 1 rings (SSSR count). The second kappa shape index (κ2) is 10.0. The van der Waals surface area contributed by atoms with E-state index in [0.29, 0.717) is 19.8 Å². The van der Waals surface area contributed by atoms with Crippen molar-refractivity contribution in [1.82, 2.24) is 5.32 Å². The molecule has 114 valence electrons. The molecule has 4 nitrogen and oxygen atoms in total. The molecule has 0 unspecified atom stereocenters. The Kier molecular flexibility index (Phi) is 8.65. The number of hydrogen-bond acceptors (Lipinski definition) is 4. The molecule has 0 fully saturated rings. The molecule has 0 bridgehead atoms. The summed E-state index contributed by atoms with van der Waals surface area (Å²) in [5.74, 6) is 1.55. The molecule has 20 heavy (non-hydrogen) atoms. The predicted molar refractivity (Wildman–Crippen MR) is 84.7 cm³/mol. The molecule has 5 heteroatoms. The summed E-state index contributed by atoms with van der Waals surface area (Å²) in [5, 5.41) is 3.31. The summed E-state index contributed by atoms with van der Waals surface area (Å²) >= 11 is 3.57. The van der Waals surface area contributed by atoms with Crippen LogP contribution in [0, 0.1) is 0 Å². The van der Waals surface area contributed by atoms with Gasteiger partial charge in [-0.1, -0.05) is 6.92 Å². The first kappa shape index (κ1) is 17.3. The Morgan fingerprint density at radius 1 is 1.15 bits per heavy atom. The fourth-order valence-electron chi connectivity index (χ4n) is 1.77. The monoisotopic (exact) mass is 345 g/mol. The molecule has 1 aromatic rings. The Hall–Kier alpha value is -0.780. The van der Waals surface area contributed by atoms with Crippen LogP contribution in [-0.2, 0) is 11.3 Å². The minimum atomic E-state index is 0.610. The van der Waals surface area contributed by atoms with Crippen molar-refractivity contribution in [2.45, 2.75) is 26.8 Å².